The minimum Gasteiger partial charge on any atom is -0.481 e. The number of halogens is 1. The Morgan fingerprint density at radius 1 is 1.29 bits per heavy atom. The number of carboxylic acid groups (broad SMARTS) is 1. The van der Waals surface area contributed by atoms with Crippen molar-refractivity contribution in [2.75, 3.05) is 0 Å². The van der Waals surface area contributed by atoms with Gasteiger partial charge in [-0.05, 0) is 24.6 Å². The second kappa shape index (κ2) is 5.98. The molecule has 1 aromatic rings. The normalized spacial score (nSPS) is 11.9. The molecule has 17 heavy (non-hydrogen) atoms. The molecule has 1 amide bonds. The van der Waals surface area contributed by atoms with E-state index in [1.54, 1.807) is 19.1 Å². The third-order valence-corrected chi connectivity index (χ3v) is 2.31. The second-order valence-corrected chi connectivity index (χ2v) is 3.73. The maximum absolute atomic E-state index is 12.7. The predicted octanol–water partition coefficient (Wildman–Crippen LogP) is 1.87. The lowest BCUT2D eigenvalue weighted by Crippen LogP contribution is -2.26. The number of rotatable bonds is 5. The van der Waals surface area contributed by atoms with Gasteiger partial charge in [0.25, 0.3) is 0 Å². The highest BCUT2D eigenvalue weighted by molar-refractivity contribution is 5.80. The van der Waals surface area contributed by atoms with Crippen LogP contribution in [0.2, 0.25) is 0 Å². The fourth-order valence-electron chi connectivity index (χ4n) is 1.37. The lowest BCUT2D eigenvalue weighted by molar-refractivity contribution is -0.138. The maximum atomic E-state index is 12.7. The minimum atomic E-state index is -1.01. The number of nitrogens with one attached hydrogen (secondary N) is 1. The Morgan fingerprint density at radius 3 is 2.41 bits per heavy atom. The molecular weight excluding hydrogens is 225 g/mol. The van der Waals surface area contributed by atoms with E-state index in [4.69, 9.17) is 5.11 Å². The van der Waals surface area contributed by atoms with Crippen molar-refractivity contribution in [3.63, 3.8) is 0 Å². The molecule has 1 atom stereocenters. The van der Waals surface area contributed by atoms with Crippen molar-refractivity contribution in [1.82, 2.24) is 5.32 Å². The average Bonchev–Trinajstić information content (AvgIpc) is 2.27. The molecule has 0 heterocycles. The first kappa shape index (κ1) is 13.2. The van der Waals surface area contributed by atoms with Gasteiger partial charge in [-0.3, -0.25) is 9.59 Å². The zero-order valence-corrected chi connectivity index (χ0v) is 9.44. The molecule has 0 aliphatic rings. The van der Waals surface area contributed by atoms with Crippen LogP contribution >= 0.6 is 0 Å². The highest BCUT2D eigenvalue weighted by Gasteiger charge is 2.10. The van der Waals surface area contributed by atoms with Crippen molar-refractivity contribution >= 4 is 11.9 Å². The Bertz CT molecular complexity index is 403. The SMILES string of the molecule is C[C@@H](NC(=O)CCC(=O)O)c1ccc(F)cc1. The molecule has 92 valence electrons. The molecule has 0 aliphatic carbocycles. The number of amides is 1. The Labute approximate surface area is 98.5 Å². The summed E-state index contributed by atoms with van der Waals surface area (Å²) in [6.07, 6.45) is -0.247. The predicted molar refractivity (Wildman–Crippen MR) is 59.8 cm³/mol. The monoisotopic (exact) mass is 239 g/mol. The summed E-state index contributed by atoms with van der Waals surface area (Å²) in [5.74, 6) is -1.67. The Morgan fingerprint density at radius 2 is 1.88 bits per heavy atom. The van der Waals surface area contributed by atoms with E-state index in [-0.39, 0.29) is 30.6 Å². The molecule has 0 aromatic heterocycles. The van der Waals surface area contributed by atoms with Crippen LogP contribution in [0.25, 0.3) is 0 Å². The van der Waals surface area contributed by atoms with E-state index in [0.717, 1.165) is 5.56 Å². The number of aliphatic carboxylic acids is 1. The zero-order valence-electron chi connectivity index (χ0n) is 9.44. The van der Waals surface area contributed by atoms with Gasteiger partial charge in [-0.15, -0.1) is 0 Å². The first-order valence-electron chi connectivity index (χ1n) is 5.25. The van der Waals surface area contributed by atoms with E-state index in [1.807, 2.05) is 0 Å². The number of carboxylic acids is 1. The van der Waals surface area contributed by atoms with E-state index in [0.29, 0.717) is 0 Å². The van der Waals surface area contributed by atoms with Gasteiger partial charge in [0.15, 0.2) is 0 Å². The molecule has 5 heteroatoms. The van der Waals surface area contributed by atoms with E-state index < -0.39 is 5.97 Å². The molecule has 0 radical (unpaired) electrons. The van der Waals surface area contributed by atoms with Crippen molar-refractivity contribution < 1.29 is 19.1 Å². The summed E-state index contributed by atoms with van der Waals surface area (Å²) in [7, 11) is 0. The number of carbonyl (C=O) groups excluding carboxylic acids is 1. The Hall–Kier alpha value is -1.91. The molecule has 1 aromatic carbocycles. The van der Waals surface area contributed by atoms with E-state index in [2.05, 4.69) is 5.32 Å². The topological polar surface area (TPSA) is 66.4 Å². The average molecular weight is 239 g/mol. The fourth-order valence-corrected chi connectivity index (χ4v) is 1.37. The summed E-state index contributed by atoms with van der Waals surface area (Å²) in [4.78, 5) is 21.6. The molecule has 1 rings (SSSR count). The summed E-state index contributed by atoms with van der Waals surface area (Å²) < 4.78 is 12.7. The van der Waals surface area contributed by atoms with E-state index in [9.17, 15) is 14.0 Å². The van der Waals surface area contributed by atoms with Crippen molar-refractivity contribution in [1.29, 1.82) is 0 Å². The van der Waals surface area contributed by atoms with E-state index >= 15 is 0 Å². The van der Waals surface area contributed by atoms with Crippen LogP contribution in [0.3, 0.4) is 0 Å². The molecule has 0 unspecified atom stereocenters. The van der Waals surface area contributed by atoms with Crippen molar-refractivity contribution in [3.05, 3.63) is 35.6 Å². The van der Waals surface area contributed by atoms with Gasteiger partial charge in [0, 0.05) is 6.42 Å². The molecule has 4 nitrogen and oxygen atoms in total. The van der Waals surface area contributed by atoms with Gasteiger partial charge in [-0.1, -0.05) is 12.1 Å². The van der Waals surface area contributed by atoms with Gasteiger partial charge in [0.05, 0.1) is 12.5 Å². The summed E-state index contributed by atoms with van der Waals surface area (Å²) in [5.41, 5.74) is 0.773. The lowest BCUT2D eigenvalue weighted by Gasteiger charge is -2.13. The van der Waals surface area contributed by atoms with Gasteiger partial charge < -0.3 is 10.4 Å². The molecule has 0 saturated carbocycles. The zero-order chi connectivity index (χ0) is 12.8. The first-order chi connectivity index (χ1) is 7.99. The smallest absolute Gasteiger partial charge is 0.303 e. The van der Waals surface area contributed by atoms with Gasteiger partial charge in [0.1, 0.15) is 5.82 Å². The van der Waals surface area contributed by atoms with Crippen LogP contribution in [0.1, 0.15) is 31.4 Å². The highest BCUT2D eigenvalue weighted by Crippen LogP contribution is 2.12. The van der Waals surface area contributed by atoms with Gasteiger partial charge in [-0.2, -0.15) is 0 Å². The van der Waals surface area contributed by atoms with Crippen LogP contribution in [0.15, 0.2) is 24.3 Å². The molecular formula is C12H14FNO3. The summed E-state index contributed by atoms with van der Waals surface area (Å²) in [6, 6.07) is 5.52. The number of benzene rings is 1. The fraction of sp³-hybridized carbons (Fsp3) is 0.333. The Kier molecular flexibility index (Phi) is 4.63. The van der Waals surface area contributed by atoms with Gasteiger partial charge >= 0.3 is 5.97 Å². The molecule has 0 spiro atoms. The van der Waals surface area contributed by atoms with Crippen LogP contribution in [0.5, 0.6) is 0 Å². The molecule has 0 saturated heterocycles. The van der Waals surface area contributed by atoms with Crippen LogP contribution in [0.4, 0.5) is 4.39 Å². The largest absolute Gasteiger partial charge is 0.481 e. The van der Waals surface area contributed by atoms with Crippen LogP contribution in [-0.2, 0) is 9.59 Å². The second-order valence-electron chi connectivity index (χ2n) is 3.73. The van der Waals surface area contributed by atoms with Crippen LogP contribution in [-0.4, -0.2) is 17.0 Å². The van der Waals surface area contributed by atoms with Crippen LogP contribution < -0.4 is 5.32 Å². The summed E-state index contributed by atoms with van der Waals surface area (Å²) in [5, 5.41) is 11.1. The highest BCUT2D eigenvalue weighted by atomic mass is 19.1. The first-order valence-corrected chi connectivity index (χ1v) is 5.25. The lowest BCUT2D eigenvalue weighted by atomic mass is 10.1. The molecule has 2 N–H and O–H groups in total. The summed E-state index contributed by atoms with van der Waals surface area (Å²) >= 11 is 0. The van der Waals surface area contributed by atoms with Gasteiger partial charge in [0.2, 0.25) is 5.91 Å². The molecule has 0 fully saturated rings. The minimum absolute atomic E-state index is 0.0547. The number of carbonyl (C=O) groups is 2. The van der Waals surface area contributed by atoms with Crippen molar-refractivity contribution in [2.24, 2.45) is 0 Å². The van der Waals surface area contributed by atoms with E-state index in [1.165, 1.54) is 12.1 Å². The third kappa shape index (κ3) is 4.63. The Balaban J connectivity index is 2.48. The third-order valence-electron chi connectivity index (χ3n) is 2.31. The van der Waals surface area contributed by atoms with Crippen molar-refractivity contribution in [3.8, 4) is 0 Å². The van der Waals surface area contributed by atoms with Crippen LogP contribution in [0, 0.1) is 5.82 Å². The standard InChI is InChI=1S/C12H14FNO3/c1-8(9-2-4-10(13)5-3-9)14-11(15)6-7-12(16)17/h2-5,8H,6-7H2,1H3,(H,14,15)(H,16,17)/t8-/m1/s1. The molecule has 0 bridgehead atoms. The van der Waals surface area contributed by atoms with Gasteiger partial charge in [-0.25, -0.2) is 4.39 Å². The quantitative estimate of drug-likeness (QED) is 0.824. The van der Waals surface area contributed by atoms with Crippen molar-refractivity contribution in [2.45, 2.75) is 25.8 Å². The number of hydrogen-bond donors (Lipinski definition) is 2. The summed E-state index contributed by atoms with van der Waals surface area (Å²) in [6.45, 7) is 1.76. The molecule has 0 aliphatic heterocycles. The number of hydrogen-bond acceptors (Lipinski definition) is 2. The maximum Gasteiger partial charge on any atom is 0.303 e.